The number of halogens is 1. The molecule has 0 aliphatic carbocycles. The summed E-state index contributed by atoms with van der Waals surface area (Å²) in [5, 5.41) is 5.45. The molecule has 78 valence electrons. The van der Waals surface area contributed by atoms with Crippen molar-refractivity contribution in [3.63, 3.8) is 0 Å². The summed E-state index contributed by atoms with van der Waals surface area (Å²) in [6.45, 7) is 1.47. The van der Waals surface area contributed by atoms with Gasteiger partial charge in [0.1, 0.15) is 6.67 Å². The van der Waals surface area contributed by atoms with E-state index >= 15 is 0 Å². The largest absolute Gasteiger partial charge is 0.383 e. The van der Waals surface area contributed by atoms with Crippen LogP contribution in [0.5, 0.6) is 0 Å². The fraction of sp³-hybridized carbons (Fsp3) is 0.875. The van der Waals surface area contributed by atoms with Gasteiger partial charge in [-0.1, -0.05) is 0 Å². The summed E-state index contributed by atoms with van der Waals surface area (Å²) in [4.78, 5) is 11.0. The van der Waals surface area contributed by atoms with Gasteiger partial charge in [-0.2, -0.15) is 0 Å². The van der Waals surface area contributed by atoms with Gasteiger partial charge in [0, 0.05) is 33.2 Å². The quantitative estimate of drug-likeness (QED) is 0.519. The zero-order valence-electron chi connectivity index (χ0n) is 7.94. The van der Waals surface area contributed by atoms with E-state index in [4.69, 9.17) is 4.74 Å². The van der Waals surface area contributed by atoms with Crippen LogP contribution >= 0.6 is 0 Å². The van der Waals surface area contributed by atoms with Gasteiger partial charge in [-0.3, -0.25) is 4.79 Å². The Bertz CT molecular complexity index is 133. The zero-order valence-corrected chi connectivity index (χ0v) is 7.94. The van der Waals surface area contributed by atoms with Crippen LogP contribution < -0.4 is 10.6 Å². The van der Waals surface area contributed by atoms with E-state index in [1.165, 1.54) is 0 Å². The molecule has 0 saturated heterocycles. The molecule has 0 atom stereocenters. The lowest BCUT2D eigenvalue weighted by Crippen LogP contribution is -2.30. The average molecular weight is 192 g/mol. The standard InChI is InChI=1S/C8H17FN2O2/c1-13-7-6-11-8(12)2-4-10-5-3-9/h10H,2-7H2,1H3,(H,11,12). The van der Waals surface area contributed by atoms with Crippen molar-refractivity contribution in [1.82, 2.24) is 10.6 Å². The average Bonchev–Trinajstić information content (AvgIpc) is 2.13. The summed E-state index contributed by atoms with van der Waals surface area (Å²) in [5.74, 6) is -0.0385. The van der Waals surface area contributed by atoms with Gasteiger partial charge in [0.25, 0.3) is 0 Å². The second-order valence-electron chi connectivity index (χ2n) is 2.53. The summed E-state index contributed by atoms with van der Waals surface area (Å²) in [6.07, 6.45) is 0.379. The molecule has 0 aromatic heterocycles. The maximum Gasteiger partial charge on any atom is 0.221 e. The molecule has 0 aromatic carbocycles. The molecule has 0 fully saturated rings. The highest BCUT2D eigenvalue weighted by Crippen LogP contribution is 1.77. The highest BCUT2D eigenvalue weighted by molar-refractivity contribution is 5.75. The Balaban J connectivity index is 3.11. The highest BCUT2D eigenvalue weighted by atomic mass is 19.1. The molecule has 0 spiro atoms. The van der Waals surface area contributed by atoms with Crippen LogP contribution in [0, 0.1) is 0 Å². The van der Waals surface area contributed by atoms with E-state index < -0.39 is 6.67 Å². The molecule has 0 bridgehead atoms. The summed E-state index contributed by atoms with van der Waals surface area (Å²) < 4.78 is 16.3. The van der Waals surface area contributed by atoms with Crippen LogP contribution in [0.15, 0.2) is 0 Å². The SMILES string of the molecule is COCCNC(=O)CCNCCF. The predicted molar refractivity (Wildman–Crippen MR) is 48.3 cm³/mol. The Hall–Kier alpha value is -0.680. The van der Waals surface area contributed by atoms with Crippen molar-refractivity contribution in [1.29, 1.82) is 0 Å². The molecule has 2 N–H and O–H groups in total. The van der Waals surface area contributed by atoms with Crippen molar-refractivity contribution in [2.75, 3.05) is 40.0 Å². The van der Waals surface area contributed by atoms with E-state index in [1.54, 1.807) is 7.11 Å². The third-order valence-electron chi connectivity index (χ3n) is 1.43. The van der Waals surface area contributed by atoms with Crippen LogP contribution in [0.3, 0.4) is 0 Å². The Morgan fingerprint density at radius 3 is 2.77 bits per heavy atom. The number of ether oxygens (including phenoxy) is 1. The van der Waals surface area contributed by atoms with Gasteiger partial charge >= 0.3 is 0 Å². The van der Waals surface area contributed by atoms with E-state index in [-0.39, 0.29) is 5.91 Å². The molecular formula is C8H17FN2O2. The van der Waals surface area contributed by atoms with Crippen LogP contribution in [-0.4, -0.2) is 45.9 Å². The van der Waals surface area contributed by atoms with E-state index in [2.05, 4.69) is 10.6 Å². The summed E-state index contributed by atoms with van der Waals surface area (Å²) in [7, 11) is 1.58. The number of alkyl halides is 1. The minimum absolute atomic E-state index is 0.0385. The van der Waals surface area contributed by atoms with Gasteiger partial charge < -0.3 is 15.4 Å². The van der Waals surface area contributed by atoms with E-state index in [0.29, 0.717) is 32.7 Å². The van der Waals surface area contributed by atoms with Crippen molar-refractivity contribution in [3.05, 3.63) is 0 Å². The van der Waals surface area contributed by atoms with Crippen LogP contribution in [0.4, 0.5) is 4.39 Å². The number of hydrogen-bond acceptors (Lipinski definition) is 3. The first kappa shape index (κ1) is 12.3. The fourth-order valence-electron chi connectivity index (χ4n) is 0.775. The molecule has 0 rings (SSSR count). The van der Waals surface area contributed by atoms with Crippen molar-refractivity contribution in [3.8, 4) is 0 Å². The molecule has 1 amide bonds. The van der Waals surface area contributed by atoms with Crippen LogP contribution in [0.25, 0.3) is 0 Å². The minimum Gasteiger partial charge on any atom is -0.383 e. The maximum atomic E-state index is 11.6. The molecule has 0 saturated carbocycles. The third kappa shape index (κ3) is 9.23. The first-order valence-electron chi connectivity index (χ1n) is 4.33. The zero-order chi connectivity index (χ0) is 9.94. The number of carbonyl (C=O) groups is 1. The van der Waals surface area contributed by atoms with Gasteiger partial charge in [-0.05, 0) is 0 Å². The van der Waals surface area contributed by atoms with Crippen molar-refractivity contribution in [2.24, 2.45) is 0 Å². The first-order chi connectivity index (χ1) is 6.31. The summed E-state index contributed by atoms with van der Waals surface area (Å²) in [6, 6.07) is 0. The van der Waals surface area contributed by atoms with E-state index in [9.17, 15) is 9.18 Å². The van der Waals surface area contributed by atoms with Crippen LogP contribution in [0.2, 0.25) is 0 Å². The molecule has 0 aliphatic heterocycles. The number of hydrogen-bond donors (Lipinski definition) is 2. The van der Waals surface area contributed by atoms with Crippen molar-refractivity contribution >= 4 is 5.91 Å². The third-order valence-corrected chi connectivity index (χ3v) is 1.43. The molecule has 13 heavy (non-hydrogen) atoms. The summed E-state index contributed by atoms with van der Waals surface area (Å²) >= 11 is 0. The Morgan fingerprint density at radius 2 is 2.15 bits per heavy atom. The van der Waals surface area contributed by atoms with Gasteiger partial charge in [-0.25, -0.2) is 4.39 Å². The minimum atomic E-state index is -0.398. The monoisotopic (exact) mass is 192 g/mol. The number of rotatable bonds is 8. The second kappa shape index (κ2) is 9.41. The second-order valence-corrected chi connectivity index (χ2v) is 2.53. The number of amides is 1. The molecule has 0 heterocycles. The molecule has 0 unspecified atom stereocenters. The van der Waals surface area contributed by atoms with Crippen molar-refractivity contribution in [2.45, 2.75) is 6.42 Å². The Labute approximate surface area is 77.8 Å². The van der Waals surface area contributed by atoms with E-state index in [0.717, 1.165) is 0 Å². The number of methoxy groups -OCH3 is 1. The topological polar surface area (TPSA) is 50.4 Å². The van der Waals surface area contributed by atoms with Crippen molar-refractivity contribution < 1.29 is 13.9 Å². The normalized spacial score (nSPS) is 10.0. The highest BCUT2D eigenvalue weighted by Gasteiger charge is 1.98. The molecule has 0 aliphatic rings. The van der Waals surface area contributed by atoms with Crippen LogP contribution in [-0.2, 0) is 9.53 Å². The van der Waals surface area contributed by atoms with Gasteiger partial charge in [0.05, 0.1) is 6.61 Å². The fourth-order valence-corrected chi connectivity index (χ4v) is 0.775. The van der Waals surface area contributed by atoms with Gasteiger partial charge in [0.2, 0.25) is 5.91 Å². The lowest BCUT2D eigenvalue weighted by Gasteiger charge is -2.04. The van der Waals surface area contributed by atoms with Gasteiger partial charge in [-0.15, -0.1) is 0 Å². The lowest BCUT2D eigenvalue weighted by atomic mass is 10.4. The molecule has 4 nitrogen and oxygen atoms in total. The molecule has 0 aromatic rings. The number of carbonyl (C=O) groups excluding carboxylic acids is 1. The molecule has 5 heteroatoms. The smallest absolute Gasteiger partial charge is 0.221 e. The lowest BCUT2D eigenvalue weighted by molar-refractivity contribution is -0.121. The van der Waals surface area contributed by atoms with Gasteiger partial charge in [0.15, 0.2) is 0 Å². The van der Waals surface area contributed by atoms with E-state index in [1.807, 2.05) is 0 Å². The first-order valence-corrected chi connectivity index (χ1v) is 4.33. The number of nitrogens with one attached hydrogen (secondary N) is 2. The molecular weight excluding hydrogens is 175 g/mol. The van der Waals surface area contributed by atoms with Crippen LogP contribution in [0.1, 0.15) is 6.42 Å². The predicted octanol–water partition coefficient (Wildman–Crippen LogP) is -0.302. The summed E-state index contributed by atoms with van der Waals surface area (Å²) in [5.41, 5.74) is 0. The Morgan fingerprint density at radius 1 is 1.38 bits per heavy atom. The Kier molecular flexibility index (Phi) is 8.92. The molecule has 0 radical (unpaired) electrons. The maximum absolute atomic E-state index is 11.6.